The number of amides is 2. The van der Waals surface area contributed by atoms with Crippen LogP contribution >= 0.6 is 0 Å². The molecule has 1 heterocycles. The van der Waals surface area contributed by atoms with Gasteiger partial charge in [-0.1, -0.05) is 11.6 Å². The summed E-state index contributed by atoms with van der Waals surface area (Å²) in [6.45, 7) is 0.431. The van der Waals surface area contributed by atoms with E-state index in [0.717, 1.165) is 42.7 Å². The van der Waals surface area contributed by atoms with Crippen molar-refractivity contribution in [2.75, 3.05) is 25.2 Å². The molecule has 2 unspecified atom stereocenters. The van der Waals surface area contributed by atoms with Gasteiger partial charge in [-0.2, -0.15) is 17.5 Å². The minimum absolute atomic E-state index is 0.115. The minimum Gasteiger partial charge on any atom is -0.496 e. The Kier molecular flexibility index (Phi) is 7.76. The third kappa shape index (κ3) is 5.83. The molecule has 0 aromatic heterocycles. The fraction of sp³-hybridized carbons (Fsp3) is 0.484. The molecule has 2 N–H and O–H groups in total. The van der Waals surface area contributed by atoms with E-state index in [-0.39, 0.29) is 29.6 Å². The van der Waals surface area contributed by atoms with Gasteiger partial charge in [-0.25, -0.2) is 12.8 Å². The normalized spacial score (nSPS) is 26.0. The molecule has 0 radical (unpaired) electrons. The second-order valence-electron chi connectivity index (χ2n) is 12.2. The molecule has 0 spiro atoms. The molecule has 6 rings (SSSR count). The van der Waals surface area contributed by atoms with E-state index in [2.05, 4.69) is 16.7 Å². The van der Waals surface area contributed by atoms with Crippen molar-refractivity contribution in [2.24, 2.45) is 23.7 Å². The van der Waals surface area contributed by atoms with Crippen LogP contribution in [0.15, 0.2) is 42.0 Å². The highest BCUT2D eigenvalue weighted by Gasteiger charge is 2.55. The Labute approximate surface area is 252 Å². The largest absolute Gasteiger partial charge is 0.496 e. The number of hydrogen-bond acceptors (Lipinski definition) is 5. The molecule has 2 aromatic carbocycles. The smallest absolute Gasteiger partial charge is 0.419 e. The van der Waals surface area contributed by atoms with Crippen molar-refractivity contribution in [3.8, 4) is 5.75 Å². The van der Waals surface area contributed by atoms with Gasteiger partial charge in [0.2, 0.25) is 15.9 Å². The average molecular weight is 636 g/mol. The number of fused-ring (bicyclic) bond motifs is 3. The summed E-state index contributed by atoms with van der Waals surface area (Å²) in [5.41, 5.74) is 1.19. The third-order valence-corrected chi connectivity index (χ3v) is 10.6. The van der Waals surface area contributed by atoms with Crippen molar-refractivity contribution in [1.29, 1.82) is 0 Å². The number of hydrogen-bond donors (Lipinski definition) is 2. The fourth-order valence-electron chi connectivity index (χ4n) is 7.03. The van der Waals surface area contributed by atoms with E-state index in [9.17, 15) is 35.6 Å². The van der Waals surface area contributed by atoms with Crippen LogP contribution in [0.1, 0.15) is 52.7 Å². The Morgan fingerprint density at radius 3 is 2.43 bits per heavy atom. The molecule has 0 saturated heterocycles. The Morgan fingerprint density at radius 2 is 1.77 bits per heavy atom. The highest BCUT2D eigenvalue weighted by molar-refractivity contribution is 7.88. The average Bonchev–Trinajstić information content (AvgIpc) is 3.64. The predicted octanol–water partition coefficient (Wildman–Crippen LogP) is 4.90. The summed E-state index contributed by atoms with van der Waals surface area (Å²) in [6, 6.07) is 5.06. The van der Waals surface area contributed by atoms with E-state index in [1.54, 1.807) is 12.1 Å². The van der Waals surface area contributed by atoms with Crippen LogP contribution in [0.4, 0.5) is 23.2 Å². The summed E-state index contributed by atoms with van der Waals surface area (Å²) in [7, 11) is -2.00. The van der Waals surface area contributed by atoms with Crippen molar-refractivity contribution in [3.05, 3.63) is 70.1 Å². The van der Waals surface area contributed by atoms with Crippen molar-refractivity contribution in [3.63, 3.8) is 0 Å². The lowest BCUT2D eigenvalue weighted by Crippen LogP contribution is -2.48. The van der Waals surface area contributed by atoms with Crippen LogP contribution in [0.2, 0.25) is 0 Å². The first-order valence-corrected chi connectivity index (χ1v) is 16.4. The number of halogens is 4. The molecule has 3 saturated carbocycles. The number of methoxy groups -OCH3 is 1. The van der Waals surface area contributed by atoms with Gasteiger partial charge < -0.3 is 15.4 Å². The standard InChI is InChI=1S/C31H33F4N3O5S/c1-43-26-13-17-9-10-38(44(2,41)42)15-18(17)12-23(26)29(39)37-28-21-7-6-20(22(21)11-16-3-4-16)27(28)30(40)36-19-5-8-25(32)24(14-19)31(33,34)35/h5,8,11-14,16,20-21,27-28H,3-4,6-7,9-10,15H2,1-2H3,(H,36,40)(H,37,39)/b22-11-/t20?,21?,27-,28+/m0/s1. The Bertz CT molecular complexity index is 1650. The molecule has 2 bridgehead atoms. The molecule has 2 aromatic rings. The number of rotatable bonds is 7. The summed E-state index contributed by atoms with van der Waals surface area (Å²) in [5, 5.41) is 5.59. The zero-order valence-electron chi connectivity index (χ0n) is 24.2. The number of sulfonamides is 1. The maximum Gasteiger partial charge on any atom is 0.419 e. The lowest BCUT2D eigenvalue weighted by molar-refractivity contribution is -0.140. The van der Waals surface area contributed by atoms with Gasteiger partial charge in [0, 0.05) is 30.7 Å². The van der Waals surface area contributed by atoms with Crippen LogP contribution in [-0.4, -0.2) is 50.5 Å². The monoisotopic (exact) mass is 635 g/mol. The third-order valence-electron chi connectivity index (χ3n) is 9.30. The summed E-state index contributed by atoms with van der Waals surface area (Å²) in [4.78, 5) is 27.6. The van der Waals surface area contributed by atoms with Crippen LogP contribution in [0, 0.1) is 29.5 Å². The van der Waals surface area contributed by atoms with Crippen molar-refractivity contribution < 1.29 is 40.3 Å². The number of anilines is 1. The van der Waals surface area contributed by atoms with Gasteiger partial charge in [-0.15, -0.1) is 0 Å². The maximum absolute atomic E-state index is 13.9. The highest BCUT2D eigenvalue weighted by Crippen LogP contribution is 2.54. The summed E-state index contributed by atoms with van der Waals surface area (Å²) < 4.78 is 85.1. The Morgan fingerprint density at radius 1 is 1.05 bits per heavy atom. The Balaban J connectivity index is 1.29. The van der Waals surface area contributed by atoms with Gasteiger partial charge in [0.05, 0.1) is 30.4 Å². The molecule has 2 amide bonds. The van der Waals surface area contributed by atoms with E-state index >= 15 is 0 Å². The zero-order valence-corrected chi connectivity index (χ0v) is 25.0. The lowest BCUT2D eigenvalue weighted by Gasteiger charge is -2.31. The Hall–Kier alpha value is -3.45. The number of allylic oxidation sites excluding steroid dienone is 1. The van der Waals surface area contributed by atoms with E-state index in [1.807, 2.05) is 0 Å². The molecule has 4 aliphatic rings. The molecule has 13 heteroatoms. The van der Waals surface area contributed by atoms with E-state index < -0.39 is 51.4 Å². The number of carbonyl (C=O) groups is 2. The SMILES string of the molecule is COc1cc2c(cc1C(=O)N[C@@H]1C3CCC(/C3=C/C3CC3)[C@@H]1C(=O)Nc1ccc(F)c(C(F)(F)F)c1)CN(S(C)(=O)=O)CC2. The summed E-state index contributed by atoms with van der Waals surface area (Å²) in [6.07, 6.45) is 2.40. The molecule has 236 valence electrons. The molecule has 8 nitrogen and oxygen atoms in total. The van der Waals surface area contributed by atoms with Gasteiger partial charge >= 0.3 is 6.18 Å². The molecule has 3 fully saturated rings. The van der Waals surface area contributed by atoms with Gasteiger partial charge in [-0.05, 0) is 85.4 Å². The molecule has 3 aliphatic carbocycles. The minimum atomic E-state index is -4.93. The summed E-state index contributed by atoms with van der Waals surface area (Å²) >= 11 is 0. The van der Waals surface area contributed by atoms with Gasteiger partial charge in [0.1, 0.15) is 11.6 Å². The highest BCUT2D eigenvalue weighted by atomic mass is 32.2. The maximum atomic E-state index is 13.9. The number of benzene rings is 2. The first-order chi connectivity index (χ1) is 20.7. The molecular weight excluding hydrogens is 602 g/mol. The van der Waals surface area contributed by atoms with Crippen LogP contribution in [0.5, 0.6) is 5.75 Å². The van der Waals surface area contributed by atoms with Crippen molar-refractivity contribution >= 4 is 27.5 Å². The first kappa shape index (κ1) is 30.6. The molecule has 44 heavy (non-hydrogen) atoms. The number of nitrogens with zero attached hydrogens (tertiary/aromatic N) is 1. The van der Waals surface area contributed by atoms with Crippen molar-refractivity contribution in [1.82, 2.24) is 9.62 Å². The number of carbonyl (C=O) groups excluding carboxylic acids is 2. The van der Waals surface area contributed by atoms with E-state index in [4.69, 9.17) is 4.74 Å². The molecule has 1 aliphatic heterocycles. The van der Waals surface area contributed by atoms with Crippen molar-refractivity contribution in [2.45, 2.75) is 50.9 Å². The molecular formula is C31H33F4N3O5S. The van der Waals surface area contributed by atoms with Crippen LogP contribution in [-0.2, 0) is 34.0 Å². The van der Waals surface area contributed by atoms with Crippen LogP contribution in [0.3, 0.4) is 0 Å². The van der Waals surface area contributed by atoms with Gasteiger partial charge in [-0.3, -0.25) is 9.59 Å². The number of ether oxygens (including phenoxy) is 1. The van der Waals surface area contributed by atoms with Gasteiger partial charge in [0.25, 0.3) is 5.91 Å². The number of alkyl halides is 3. The topological polar surface area (TPSA) is 105 Å². The van der Waals surface area contributed by atoms with E-state index in [1.165, 1.54) is 11.4 Å². The van der Waals surface area contributed by atoms with Crippen LogP contribution in [0.25, 0.3) is 0 Å². The quantitative estimate of drug-likeness (QED) is 0.333. The van der Waals surface area contributed by atoms with Gasteiger partial charge in [0.15, 0.2) is 0 Å². The number of nitrogens with one attached hydrogen (secondary N) is 2. The fourth-order valence-corrected chi connectivity index (χ4v) is 7.82. The summed E-state index contributed by atoms with van der Waals surface area (Å²) in [5.74, 6) is -2.83. The second-order valence-corrected chi connectivity index (χ2v) is 14.2. The predicted molar refractivity (Wildman–Crippen MR) is 154 cm³/mol. The lowest BCUT2D eigenvalue weighted by atomic mass is 9.83. The second kappa shape index (κ2) is 11.2. The molecule has 4 atom stereocenters. The first-order valence-electron chi connectivity index (χ1n) is 14.6. The van der Waals surface area contributed by atoms with E-state index in [0.29, 0.717) is 48.8 Å². The van der Waals surface area contributed by atoms with Crippen LogP contribution < -0.4 is 15.4 Å². The zero-order chi connectivity index (χ0) is 31.6.